The molecule has 2 nitrogen and oxygen atoms in total. The summed E-state index contributed by atoms with van der Waals surface area (Å²) in [6.07, 6.45) is 21.7. The maximum Gasteiger partial charge on any atom is 0.135 e. The van der Waals surface area contributed by atoms with Crippen molar-refractivity contribution >= 4 is 49.7 Å². The monoisotopic (exact) mass is 829 g/mol. The quantitative estimate of drug-likeness (QED) is 0.159. The summed E-state index contributed by atoms with van der Waals surface area (Å²) >= 11 is 0. The van der Waals surface area contributed by atoms with Crippen LogP contribution in [-0.4, -0.2) is 6.04 Å². The molecular formula is C62H55NO. The highest BCUT2D eigenvalue weighted by Crippen LogP contribution is 2.57. The van der Waals surface area contributed by atoms with Gasteiger partial charge in [0.1, 0.15) is 11.2 Å². The standard InChI is InChI=1S/C62H55NO/c1-41-19-16-30-53-59(41)52-37-35-46(40-54(52)62(53,3)44-24-8-5-9-25-44)63(58-33-14-15-38-61(58,2)45-34-36-50-49-27-11-13-32-56(49)64-57(50)39-45)55-31-12-10-26-48(55)51-29-18-23-43-22-17-28-47(60(43)51)42-20-6-4-7-21-42/h5,8-18,22-42,58H,4,6-7,19-21H2,1-3H3. The van der Waals surface area contributed by atoms with Gasteiger partial charge >= 0.3 is 0 Å². The van der Waals surface area contributed by atoms with Crippen molar-refractivity contribution in [2.45, 2.75) is 82.1 Å². The topological polar surface area (TPSA) is 16.4 Å². The van der Waals surface area contributed by atoms with Crippen molar-refractivity contribution in [2.75, 3.05) is 4.90 Å². The number of hydrogen-bond acceptors (Lipinski definition) is 2. The first-order valence-corrected chi connectivity index (χ1v) is 23.7. The average Bonchev–Trinajstić information content (AvgIpc) is 3.85. The predicted molar refractivity (Wildman–Crippen MR) is 270 cm³/mol. The van der Waals surface area contributed by atoms with Crippen molar-refractivity contribution in [3.8, 4) is 11.1 Å². The fourth-order valence-electron chi connectivity index (χ4n) is 12.4. The third-order valence-corrected chi connectivity index (χ3v) is 15.7. The van der Waals surface area contributed by atoms with E-state index in [1.807, 2.05) is 0 Å². The lowest BCUT2D eigenvalue weighted by atomic mass is 9.71. The molecule has 4 atom stereocenters. The molecule has 1 fully saturated rings. The van der Waals surface area contributed by atoms with Crippen LogP contribution in [0.5, 0.6) is 0 Å². The highest BCUT2D eigenvalue weighted by atomic mass is 16.3. The van der Waals surface area contributed by atoms with E-state index in [2.05, 4.69) is 214 Å². The number of para-hydroxylation sites is 2. The minimum absolute atomic E-state index is 0.0860. The molecule has 0 aliphatic heterocycles. The van der Waals surface area contributed by atoms with E-state index in [1.54, 1.807) is 0 Å². The molecule has 4 aliphatic carbocycles. The third kappa shape index (κ3) is 5.98. The number of anilines is 2. The highest BCUT2D eigenvalue weighted by molar-refractivity contribution is 6.05. The molecule has 0 amide bonds. The molecule has 4 unspecified atom stereocenters. The van der Waals surface area contributed by atoms with E-state index in [4.69, 9.17) is 4.42 Å². The summed E-state index contributed by atoms with van der Waals surface area (Å²) in [6.45, 7) is 7.29. The molecule has 2 heteroatoms. The molecule has 7 aromatic carbocycles. The molecule has 0 saturated heterocycles. The summed E-state index contributed by atoms with van der Waals surface area (Å²) in [6, 6.07) is 57.1. The van der Waals surface area contributed by atoms with Gasteiger partial charge in [0.05, 0.1) is 6.04 Å². The van der Waals surface area contributed by atoms with Gasteiger partial charge in [-0.1, -0.05) is 184 Å². The van der Waals surface area contributed by atoms with Crippen molar-refractivity contribution in [3.63, 3.8) is 0 Å². The van der Waals surface area contributed by atoms with E-state index in [1.165, 1.54) is 104 Å². The minimum Gasteiger partial charge on any atom is -0.456 e. The van der Waals surface area contributed by atoms with Crippen molar-refractivity contribution in [1.29, 1.82) is 0 Å². The van der Waals surface area contributed by atoms with E-state index >= 15 is 0 Å². The van der Waals surface area contributed by atoms with E-state index in [0.29, 0.717) is 11.8 Å². The Morgan fingerprint density at radius 3 is 2.27 bits per heavy atom. The molecule has 8 aromatic rings. The van der Waals surface area contributed by atoms with Crippen molar-refractivity contribution in [1.82, 2.24) is 0 Å². The van der Waals surface area contributed by atoms with Crippen LogP contribution in [0.1, 0.15) is 93.0 Å². The molecule has 0 radical (unpaired) electrons. The lowest BCUT2D eigenvalue weighted by Gasteiger charge is -2.45. The fourth-order valence-corrected chi connectivity index (χ4v) is 12.4. The first-order chi connectivity index (χ1) is 31.4. The van der Waals surface area contributed by atoms with Gasteiger partial charge in [-0.3, -0.25) is 0 Å². The Labute approximate surface area is 378 Å². The molecule has 1 aromatic heterocycles. The van der Waals surface area contributed by atoms with Gasteiger partial charge < -0.3 is 9.32 Å². The fraction of sp³-hybridized carbons (Fsp3) is 0.226. The first kappa shape index (κ1) is 39.0. The van der Waals surface area contributed by atoms with Crippen LogP contribution in [0.2, 0.25) is 0 Å². The first-order valence-electron chi connectivity index (χ1n) is 23.7. The third-order valence-electron chi connectivity index (χ3n) is 15.7. The van der Waals surface area contributed by atoms with Gasteiger partial charge in [0.2, 0.25) is 0 Å². The zero-order valence-corrected chi connectivity index (χ0v) is 37.2. The van der Waals surface area contributed by atoms with Gasteiger partial charge in [0.25, 0.3) is 0 Å². The second-order valence-corrected chi connectivity index (χ2v) is 19.3. The summed E-state index contributed by atoms with van der Waals surface area (Å²) in [7, 11) is 0. The van der Waals surface area contributed by atoms with E-state index in [0.717, 1.165) is 28.4 Å². The molecule has 314 valence electrons. The van der Waals surface area contributed by atoms with E-state index in [9.17, 15) is 0 Å². The number of rotatable bonds is 7. The number of hydrogen-bond donors (Lipinski definition) is 0. The summed E-state index contributed by atoms with van der Waals surface area (Å²) < 4.78 is 6.58. The SMILES string of the molecule is CC1CC=CC2=C1c1ccc(N(c3ccccc3-c3cccc4cccc(C5CCCCC5)c34)C3C=CC=CC3(C)c3ccc4c(c3)oc3ccccc34)cc1C2(C)c1ccccc1. The molecule has 1 saturated carbocycles. The number of furan rings is 1. The Morgan fingerprint density at radius 1 is 0.625 bits per heavy atom. The van der Waals surface area contributed by atoms with Crippen LogP contribution in [0.4, 0.5) is 11.4 Å². The molecule has 64 heavy (non-hydrogen) atoms. The van der Waals surface area contributed by atoms with E-state index < -0.39 is 5.41 Å². The lowest BCUT2D eigenvalue weighted by molar-refractivity contribution is 0.445. The molecule has 4 aliphatic rings. The Morgan fingerprint density at radius 2 is 1.39 bits per heavy atom. The van der Waals surface area contributed by atoms with Crippen molar-refractivity contribution < 1.29 is 4.42 Å². The zero-order chi connectivity index (χ0) is 43.0. The van der Waals surface area contributed by atoms with Crippen LogP contribution in [0.3, 0.4) is 0 Å². The van der Waals surface area contributed by atoms with Crippen molar-refractivity contribution in [2.24, 2.45) is 5.92 Å². The number of benzene rings is 7. The molecule has 0 spiro atoms. The van der Waals surface area contributed by atoms with Crippen LogP contribution in [-0.2, 0) is 10.8 Å². The highest BCUT2D eigenvalue weighted by Gasteiger charge is 2.45. The lowest BCUT2D eigenvalue weighted by Crippen LogP contribution is -2.46. The van der Waals surface area contributed by atoms with Gasteiger partial charge in [0, 0.05) is 38.5 Å². The summed E-state index contributed by atoms with van der Waals surface area (Å²) in [5, 5.41) is 5.04. The summed E-state index contributed by atoms with van der Waals surface area (Å²) in [5.41, 5.74) is 15.9. The van der Waals surface area contributed by atoms with E-state index in [-0.39, 0.29) is 11.5 Å². The largest absolute Gasteiger partial charge is 0.456 e. The van der Waals surface area contributed by atoms with Gasteiger partial charge in [0.15, 0.2) is 0 Å². The van der Waals surface area contributed by atoms with Crippen LogP contribution < -0.4 is 4.90 Å². The Bertz CT molecular complexity index is 3240. The van der Waals surface area contributed by atoms with Gasteiger partial charge in [-0.15, -0.1) is 0 Å². The summed E-state index contributed by atoms with van der Waals surface area (Å²) in [4.78, 5) is 2.68. The van der Waals surface area contributed by atoms with Crippen LogP contribution >= 0.6 is 0 Å². The number of fused-ring (bicyclic) bond motifs is 6. The molecular weight excluding hydrogens is 775 g/mol. The second-order valence-electron chi connectivity index (χ2n) is 19.3. The Hall–Kier alpha value is -6.64. The maximum absolute atomic E-state index is 6.58. The van der Waals surface area contributed by atoms with Gasteiger partial charge in [-0.25, -0.2) is 0 Å². The van der Waals surface area contributed by atoms with Crippen LogP contribution in [0, 0.1) is 5.92 Å². The number of allylic oxidation sites excluding steroid dienone is 6. The van der Waals surface area contributed by atoms with Gasteiger partial charge in [-0.05, 0) is 131 Å². The van der Waals surface area contributed by atoms with Gasteiger partial charge in [-0.2, -0.15) is 0 Å². The normalized spacial score (nSPS) is 23.0. The Balaban J connectivity index is 1.10. The molecule has 0 bridgehead atoms. The molecule has 1 heterocycles. The second kappa shape index (κ2) is 15.3. The molecule has 0 N–H and O–H groups in total. The van der Waals surface area contributed by atoms with Crippen LogP contribution in [0.15, 0.2) is 198 Å². The minimum atomic E-state index is -0.433. The van der Waals surface area contributed by atoms with Crippen LogP contribution in [0.25, 0.3) is 49.4 Å². The summed E-state index contributed by atoms with van der Waals surface area (Å²) in [5.74, 6) is 1.02. The smallest absolute Gasteiger partial charge is 0.135 e. The molecule has 12 rings (SSSR count). The number of nitrogens with zero attached hydrogens (tertiary/aromatic N) is 1. The average molecular weight is 830 g/mol. The predicted octanol–water partition coefficient (Wildman–Crippen LogP) is 16.7. The maximum atomic E-state index is 6.58. The zero-order valence-electron chi connectivity index (χ0n) is 37.2. The van der Waals surface area contributed by atoms with Crippen molar-refractivity contribution in [3.05, 3.63) is 222 Å². The Kier molecular flexibility index (Phi) is 9.30.